The average Bonchev–Trinajstić information content (AvgIpc) is 2.56. The van der Waals surface area contributed by atoms with Crippen LogP contribution < -0.4 is 5.32 Å². The molecular weight excluding hydrogens is 292 g/mol. The molecule has 2 aromatic carbocycles. The molecule has 0 bridgehead atoms. The number of nitrogens with zero attached hydrogens (tertiary/aromatic N) is 1. The normalized spacial score (nSPS) is 10.5. The van der Waals surface area contributed by atoms with E-state index in [2.05, 4.69) is 22.4 Å². The molecule has 3 rings (SSSR count). The molecule has 3 nitrogen and oxygen atoms in total. The molecule has 4 heteroatoms. The maximum absolute atomic E-state index is 12.1. The van der Waals surface area contributed by atoms with Crippen molar-refractivity contribution >= 4 is 34.3 Å². The van der Waals surface area contributed by atoms with Gasteiger partial charge in [-0.25, -0.2) is 0 Å². The lowest BCUT2D eigenvalue weighted by Crippen LogP contribution is -2.14. The molecule has 3 aromatic rings. The number of hydrogen-bond donors (Lipinski definition) is 1. The number of nitrogens with one attached hydrogen (secondary N) is 1. The van der Waals surface area contributed by atoms with Gasteiger partial charge in [-0.1, -0.05) is 48.5 Å². The monoisotopic (exact) mass is 308 g/mol. The molecule has 1 aromatic heterocycles. The smallest absolute Gasteiger partial charge is 0.234 e. The fourth-order valence-electron chi connectivity index (χ4n) is 2.23. The van der Waals surface area contributed by atoms with Gasteiger partial charge in [-0.15, -0.1) is 11.8 Å². The highest BCUT2D eigenvalue weighted by atomic mass is 32.2. The quantitative estimate of drug-likeness (QED) is 0.771. The minimum Gasteiger partial charge on any atom is -0.323 e. The van der Waals surface area contributed by atoms with E-state index in [1.165, 1.54) is 5.56 Å². The molecule has 110 valence electrons. The Hall–Kier alpha value is -2.33. The molecule has 0 aliphatic rings. The van der Waals surface area contributed by atoms with Crippen LogP contribution in [0, 0.1) is 0 Å². The van der Waals surface area contributed by atoms with E-state index in [1.54, 1.807) is 18.0 Å². The molecule has 0 aliphatic heterocycles. The van der Waals surface area contributed by atoms with Gasteiger partial charge in [0.25, 0.3) is 0 Å². The molecule has 0 atom stereocenters. The van der Waals surface area contributed by atoms with E-state index in [-0.39, 0.29) is 5.91 Å². The third kappa shape index (κ3) is 3.65. The summed E-state index contributed by atoms with van der Waals surface area (Å²) in [5.74, 6) is 1.26. The van der Waals surface area contributed by atoms with Gasteiger partial charge in [0.1, 0.15) is 0 Å². The van der Waals surface area contributed by atoms with Gasteiger partial charge >= 0.3 is 0 Å². The number of para-hydroxylation sites is 1. The molecule has 0 aliphatic carbocycles. The Morgan fingerprint density at radius 3 is 2.68 bits per heavy atom. The second kappa shape index (κ2) is 7.09. The molecule has 0 saturated heterocycles. The second-order valence-corrected chi connectivity index (χ2v) is 5.89. The average molecular weight is 308 g/mol. The summed E-state index contributed by atoms with van der Waals surface area (Å²) >= 11 is 1.61. The number of pyridine rings is 1. The summed E-state index contributed by atoms with van der Waals surface area (Å²) in [6.07, 6.45) is 1.74. The highest BCUT2D eigenvalue weighted by molar-refractivity contribution is 7.99. The predicted octanol–water partition coefficient (Wildman–Crippen LogP) is 4.11. The molecule has 0 unspecified atom stereocenters. The Kier molecular flexibility index (Phi) is 4.71. The number of anilines is 1. The van der Waals surface area contributed by atoms with Crippen molar-refractivity contribution in [2.75, 3.05) is 11.1 Å². The predicted molar refractivity (Wildman–Crippen MR) is 93.0 cm³/mol. The van der Waals surface area contributed by atoms with Crippen molar-refractivity contribution in [3.8, 4) is 0 Å². The third-order valence-electron chi connectivity index (χ3n) is 3.25. The summed E-state index contributed by atoms with van der Waals surface area (Å²) in [6.45, 7) is 0. The first kappa shape index (κ1) is 14.6. The van der Waals surface area contributed by atoms with Gasteiger partial charge in [-0.2, -0.15) is 0 Å². The van der Waals surface area contributed by atoms with Crippen LogP contribution in [0.25, 0.3) is 10.9 Å². The molecule has 0 spiro atoms. The number of thioether (sulfide) groups is 1. The maximum Gasteiger partial charge on any atom is 0.234 e. The van der Waals surface area contributed by atoms with Gasteiger partial charge in [0.05, 0.1) is 17.0 Å². The van der Waals surface area contributed by atoms with Crippen LogP contribution in [0.1, 0.15) is 5.56 Å². The van der Waals surface area contributed by atoms with E-state index in [9.17, 15) is 4.79 Å². The van der Waals surface area contributed by atoms with Crippen molar-refractivity contribution in [3.05, 3.63) is 72.4 Å². The Labute approximate surface area is 133 Å². The molecular formula is C18H16N2OS. The van der Waals surface area contributed by atoms with Crippen molar-refractivity contribution in [2.45, 2.75) is 5.75 Å². The van der Waals surface area contributed by atoms with Crippen molar-refractivity contribution in [3.63, 3.8) is 0 Å². The zero-order chi connectivity index (χ0) is 15.2. The van der Waals surface area contributed by atoms with Crippen LogP contribution >= 0.6 is 11.8 Å². The van der Waals surface area contributed by atoms with E-state index in [1.807, 2.05) is 48.5 Å². The summed E-state index contributed by atoms with van der Waals surface area (Å²) in [5, 5.41) is 3.97. The van der Waals surface area contributed by atoms with Crippen LogP contribution in [-0.4, -0.2) is 16.6 Å². The number of benzene rings is 2. The fraction of sp³-hybridized carbons (Fsp3) is 0.111. The van der Waals surface area contributed by atoms with Crippen molar-refractivity contribution in [1.82, 2.24) is 4.98 Å². The molecule has 0 saturated carbocycles. The Morgan fingerprint density at radius 1 is 1.00 bits per heavy atom. The van der Waals surface area contributed by atoms with Crippen molar-refractivity contribution in [1.29, 1.82) is 0 Å². The Bertz CT molecular complexity index is 769. The van der Waals surface area contributed by atoms with E-state index in [0.29, 0.717) is 5.75 Å². The zero-order valence-electron chi connectivity index (χ0n) is 12.0. The molecule has 0 radical (unpaired) electrons. The lowest BCUT2D eigenvalue weighted by molar-refractivity contribution is -0.113. The highest BCUT2D eigenvalue weighted by Crippen LogP contribution is 2.21. The molecule has 1 amide bonds. The van der Waals surface area contributed by atoms with Gasteiger partial charge < -0.3 is 5.32 Å². The zero-order valence-corrected chi connectivity index (χ0v) is 12.8. The lowest BCUT2D eigenvalue weighted by atomic mass is 10.2. The van der Waals surface area contributed by atoms with Gasteiger partial charge in [0, 0.05) is 17.3 Å². The summed E-state index contributed by atoms with van der Waals surface area (Å²) < 4.78 is 0. The summed E-state index contributed by atoms with van der Waals surface area (Å²) in [4.78, 5) is 16.4. The van der Waals surface area contributed by atoms with Crippen LogP contribution in [-0.2, 0) is 10.5 Å². The third-order valence-corrected chi connectivity index (χ3v) is 4.26. The van der Waals surface area contributed by atoms with E-state index in [0.717, 1.165) is 22.3 Å². The summed E-state index contributed by atoms with van der Waals surface area (Å²) in [6, 6.07) is 19.8. The van der Waals surface area contributed by atoms with Crippen LogP contribution in [0.4, 0.5) is 5.69 Å². The lowest BCUT2D eigenvalue weighted by Gasteiger charge is -2.08. The number of carbonyl (C=O) groups is 1. The molecule has 1 N–H and O–H groups in total. The van der Waals surface area contributed by atoms with E-state index >= 15 is 0 Å². The van der Waals surface area contributed by atoms with Crippen LogP contribution in [0.15, 0.2) is 66.9 Å². The largest absolute Gasteiger partial charge is 0.323 e. The standard InChI is InChI=1S/C18H16N2OS/c21-17(13-22-12-14-6-2-1-3-7-14)20-16-10-4-8-15-9-5-11-19-18(15)16/h1-11H,12-13H2,(H,20,21). The van der Waals surface area contributed by atoms with Crippen LogP contribution in [0.2, 0.25) is 0 Å². The number of rotatable bonds is 5. The second-order valence-electron chi connectivity index (χ2n) is 4.91. The van der Waals surface area contributed by atoms with Crippen LogP contribution in [0.3, 0.4) is 0 Å². The highest BCUT2D eigenvalue weighted by Gasteiger charge is 2.06. The summed E-state index contributed by atoms with van der Waals surface area (Å²) in [7, 11) is 0. The van der Waals surface area contributed by atoms with Gasteiger partial charge in [-0.05, 0) is 17.7 Å². The van der Waals surface area contributed by atoms with Gasteiger partial charge in [0.2, 0.25) is 5.91 Å². The number of carbonyl (C=O) groups excluding carboxylic acids is 1. The SMILES string of the molecule is O=C(CSCc1ccccc1)Nc1cccc2cccnc12. The number of aromatic nitrogens is 1. The van der Waals surface area contributed by atoms with Gasteiger partial charge in [-0.3, -0.25) is 9.78 Å². The Morgan fingerprint density at radius 2 is 1.82 bits per heavy atom. The first-order chi connectivity index (χ1) is 10.8. The van der Waals surface area contributed by atoms with E-state index in [4.69, 9.17) is 0 Å². The number of hydrogen-bond acceptors (Lipinski definition) is 3. The number of fused-ring (bicyclic) bond motifs is 1. The topological polar surface area (TPSA) is 42.0 Å². The first-order valence-corrected chi connectivity index (χ1v) is 8.24. The van der Waals surface area contributed by atoms with Gasteiger partial charge in [0.15, 0.2) is 0 Å². The van der Waals surface area contributed by atoms with Crippen LogP contribution in [0.5, 0.6) is 0 Å². The molecule has 0 fully saturated rings. The summed E-state index contributed by atoms with van der Waals surface area (Å²) in [5.41, 5.74) is 2.82. The molecule has 22 heavy (non-hydrogen) atoms. The minimum atomic E-state index is -0.000848. The number of amides is 1. The first-order valence-electron chi connectivity index (χ1n) is 7.08. The minimum absolute atomic E-state index is 0.000848. The maximum atomic E-state index is 12.1. The Balaban J connectivity index is 1.59. The van der Waals surface area contributed by atoms with Crippen molar-refractivity contribution in [2.24, 2.45) is 0 Å². The fourth-order valence-corrected chi connectivity index (χ4v) is 3.01. The molecule has 1 heterocycles. The van der Waals surface area contributed by atoms with E-state index < -0.39 is 0 Å². The van der Waals surface area contributed by atoms with Crippen molar-refractivity contribution < 1.29 is 4.79 Å².